The van der Waals surface area contributed by atoms with E-state index in [2.05, 4.69) is 21.8 Å². The Morgan fingerprint density at radius 1 is 1.23 bits per heavy atom. The van der Waals surface area contributed by atoms with Gasteiger partial charge in [-0.05, 0) is 30.3 Å². The topological polar surface area (TPSA) is 65.5 Å². The molecule has 2 amide bonds. The minimum atomic E-state index is -0.257. The lowest BCUT2D eigenvalue weighted by Crippen LogP contribution is -2.49. The highest BCUT2D eigenvalue weighted by Gasteiger charge is 2.22. The molecule has 1 aliphatic rings. The van der Waals surface area contributed by atoms with E-state index >= 15 is 0 Å². The normalized spacial score (nSPS) is 14.3. The van der Waals surface area contributed by atoms with Crippen molar-refractivity contribution in [2.24, 2.45) is 0 Å². The zero-order chi connectivity index (χ0) is 18.5. The first-order valence-corrected chi connectivity index (χ1v) is 8.93. The molecular formula is C19H21ClN4O2. The van der Waals surface area contributed by atoms with Crippen LogP contribution in [0.1, 0.15) is 6.42 Å². The van der Waals surface area contributed by atoms with Gasteiger partial charge in [0.1, 0.15) is 0 Å². The number of nitrogens with zero attached hydrogens (tertiary/aromatic N) is 3. The summed E-state index contributed by atoms with van der Waals surface area (Å²) >= 11 is 6.05. The zero-order valence-electron chi connectivity index (χ0n) is 14.4. The largest absolute Gasteiger partial charge is 0.367 e. The number of rotatable bonds is 5. The second kappa shape index (κ2) is 8.19. The minimum Gasteiger partial charge on any atom is -0.367 e. The van der Waals surface area contributed by atoms with E-state index < -0.39 is 0 Å². The van der Waals surface area contributed by atoms with E-state index in [9.17, 15) is 9.59 Å². The van der Waals surface area contributed by atoms with E-state index in [-0.39, 0.29) is 11.8 Å². The molecule has 0 aliphatic carbocycles. The number of nitrogens with one attached hydrogen (secondary N) is 1. The number of benzene rings is 1. The average molecular weight is 373 g/mol. The van der Waals surface area contributed by atoms with Crippen LogP contribution in [0.15, 0.2) is 43.1 Å². The van der Waals surface area contributed by atoms with Gasteiger partial charge in [0.25, 0.3) is 0 Å². The quantitative estimate of drug-likeness (QED) is 0.817. The fourth-order valence-electron chi connectivity index (χ4n) is 3.10. The van der Waals surface area contributed by atoms with Crippen molar-refractivity contribution < 1.29 is 9.59 Å². The Bertz CT molecular complexity index is 831. The van der Waals surface area contributed by atoms with E-state index in [1.54, 1.807) is 6.20 Å². The SMILES string of the molecule is C=CC(=O)NCCC(=O)N1CCN(c2ccnc3cc(Cl)ccc23)CC1. The summed E-state index contributed by atoms with van der Waals surface area (Å²) in [5.41, 5.74) is 1.98. The summed E-state index contributed by atoms with van der Waals surface area (Å²) in [5, 5.41) is 4.36. The highest BCUT2D eigenvalue weighted by Crippen LogP contribution is 2.28. The maximum Gasteiger partial charge on any atom is 0.243 e. The Kier molecular flexibility index (Phi) is 5.73. The van der Waals surface area contributed by atoms with Crippen molar-refractivity contribution in [2.75, 3.05) is 37.6 Å². The van der Waals surface area contributed by atoms with Crippen molar-refractivity contribution in [1.82, 2.24) is 15.2 Å². The van der Waals surface area contributed by atoms with Crippen molar-refractivity contribution in [3.8, 4) is 0 Å². The smallest absolute Gasteiger partial charge is 0.243 e. The summed E-state index contributed by atoms with van der Waals surface area (Å²) in [4.78, 5) is 31.9. The Balaban J connectivity index is 1.59. The number of hydrogen-bond acceptors (Lipinski definition) is 4. The monoisotopic (exact) mass is 372 g/mol. The molecule has 0 bridgehead atoms. The van der Waals surface area contributed by atoms with Gasteiger partial charge in [-0.3, -0.25) is 14.6 Å². The number of carbonyl (C=O) groups excluding carboxylic acids is 2. The van der Waals surface area contributed by atoms with Crippen molar-refractivity contribution in [1.29, 1.82) is 0 Å². The first-order valence-electron chi connectivity index (χ1n) is 8.56. The van der Waals surface area contributed by atoms with E-state index in [1.165, 1.54) is 6.08 Å². The van der Waals surface area contributed by atoms with Crippen LogP contribution in [0, 0.1) is 0 Å². The van der Waals surface area contributed by atoms with Crippen molar-refractivity contribution >= 4 is 40.0 Å². The molecule has 1 aromatic carbocycles. The van der Waals surface area contributed by atoms with E-state index in [1.807, 2.05) is 29.2 Å². The standard InChI is InChI=1S/C19H21ClN4O2/c1-2-18(25)22-8-6-19(26)24-11-9-23(10-12-24)17-5-7-21-16-13-14(20)3-4-15(16)17/h2-5,7,13H,1,6,8-12H2,(H,22,25). The summed E-state index contributed by atoms with van der Waals surface area (Å²) in [6, 6.07) is 7.71. The third-order valence-electron chi connectivity index (χ3n) is 4.48. The predicted molar refractivity (Wildman–Crippen MR) is 103 cm³/mol. The fourth-order valence-corrected chi connectivity index (χ4v) is 3.27. The second-order valence-electron chi connectivity index (χ2n) is 6.10. The van der Waals surface area contributed by atoms with Crippen molar-refractivity contribution in [2.45, 2.75) is 6.42 Å². The molecule has 1 aliphatic heterocycles. The van der Waals surface area contributed by atoms with Crippen LogP contribution in [-0.4, -0.2) is 54.4 Å². The number of amides is 2. The number of halogens is 1. The lowest BCUT2D eigenvalue weighted by Gasteiger charge is -2.36. The molecule has 0 saturated carbocycles. The number of fused-ring (bicyclic) bond motifs is 1. The van der Waals surface area contributed by atoms with Crippen LogP contribution < -0.4 is 10.2 Å². The fraction of sp³-hybridized carbons (Fsp3) is 0.316. The molecule has 3 rings (SSSR count). The zero-order valence-corrected chi connectivity index (χ0v) is 15.2. The molecule has 0 spiro atoms. The first-order chi connectivity index (χ1) is 12.6. The number of aromatic nitrogens is 1. The molecule has 0 unspecified atom stereocenters. The van der Waals surface area contributed by atoms with E-state index in [4.69, 9.17) is 11.6 Å². The molecular weight excluding hydrogens is 352 g/mol. The molecule has 26 heavy (non-hydrogen) atoms. The van der Waals surface area contributed by atoms with Crippen LogP contribution in [0.4, 0.5) is 5.69 Å². The van der Waals surface area contributed by atoms with Crippen LogP contribution in [0.25, 0.3) is 10.9 Å². The number of piperazine rings is 1. The molecule has 1 N–H and O–H groups in total. The molecule has 0 atom stereocenters. The number of pyridine rings is 1. The van der Waals surface area contributed by atoms with Gasteiger partial charge in [-0.1, -0.05) is 18.2 Å². The van der Waals surface area contributed by atoms with Gasteiger partial charge in [0.15, 0.2) is 0 Å². The Morgan fingerprint density at radius 2 is 2.00 bits per heavy atom. The number of carbonyl (C=O) groups is 2. The highest BCUT2D eigenvalue weighted by atomic mass is 35.5. The molecule has 1 aromatic heterocycles. The molecule has 1 saturated heterocycles. The Labute approximate surface area is 157 Å². The van der Waals surface area contributed by atoms with E-state index in [0.29, 0.717) is 31.1 Å². The molecule has 1 fully saturated rings. The van der Waals surface area contributed by atoms with Gasteiger partial charge in [-0.2, -0.15) is 0 Å². The van der Waals surface area contributed by atoms with Crippen LogP contribution in [0.2, 0.25) is 5.02 Å². The maximum atomic E-state index is 12.3. The van der Waals surface area contributed by atoms with Crippen LogP contribution in [0.3, 0.4) is 0 Å². The van der Waals surface area contributed by atoms with Gasteiger partial charge in [0.2, 0.25) is 11.8 Å². The van der Waals surface area contributed by atoms with Gasteiger partial charge in [0, 0.05) is 61.4 Å². The molecule has 136 valence electrons. The van der Waals surface area contributed by atoms with Crippen LogP contribution in [0.5, 0.6) is 0 Å². The van der Waals surface area contributed by atoms with E-state index in [0.717, 1.165) is 29.7 Å². The summed E-state index contributed by atoms with van der Waals surface area (Å²) in [7, 11) is 0. The lowest BCUT2D eigenvalue weighted by molar-refractivity contribution is -0.131. The second-order valence-corrected chi connectivity index (χ2v) is 6.54. The van der Waals surface area contributed by atoms with Crippen molar-refractivity contribution in [3.05, 3.63) is 48.1 Å². The third kappa shape index (κ3) is 4.14. The molecule has 7 heteroatoms. The molecule has 6 nitrogen and oxygen atoms in total. The Morgan fingerprint density at radius 3 is 2.73 bits per heavy atom. The summed E-state index contributed by atoms with van der Waals surface area (Å²) < 4.78 is 0. The summed E-state index contributed by atoms with van der Waals surface area (Å²) in [5.74, 6) is -0.201. The van der Waals surface area contributed by atoms with Gasteiger partial charge in [-0.15, -0.1) is 0 Å². The van der Waals surface area contributed by atoms with Crippen LogP contribution in [-0.2, 0) is 9.59 Å². The van der Waals surface area contributed by atoms with Crippen molar-refractivity contribution in [3.63, 3.8) is 0 Å². The number of hydrogen-bond donors (Lipinski definition) is 1. The lowest BCUT2D eigenvalue weighted by atomic mass is 10.1. The van der Waals surface area contributed by atoms with Gasteiger partial charge in [0.05, 0.1) is 5.52 Å². The molecule has 2 heterocycles. The predicted octanol–water partition coefficient (Wildman–Crippen LogP) is 2.23. The average Bonchev–Trinajstić information content (AvgIpc) is 2.67. The molecule has 2 aromatic rings. The summed E-state index contributed by atoms with van der Waals surface area (Å²) in [6.45, 7) is 6.55. The first kappa shape index (κ1) is 18.2. The highest BCUT2D eigenvalue weighted by molar-refractivity contribution is 6.31. The molecule has 0 radical (unpaired) electrons. The summed E-state index contributed by atoms with van der Waals surface area (Å²) in [6.07, 6.45) is 3.29. The van der Waals surface area contributed by atoms with Gasteiger partial charge < -0.3 is 15.1 Å². The minimum absolute atomic E-state index is 0.0559. The Hall–Kier alpha value is -2.60. The van der Waals surface area contributed by atoms with Gasteiger partial charge in [-0.25, -0.2) is 0 Å². The number of anilines is 1. The van der Waals surface area contributed by atoms with Gasteiger partial charge >= 0.3 is 0 Å². The maximum absolute atomic E-state index is 12.3. The van der Waals surface area contributed by atoms with Crippen LogP contribution >= 0.6 is 11.6 Å². The third-order valence-corrected chi connectivity index (χ3v) is 4.71.